The summed E-state index contributed by atoms with van der Waals surface area (Å²) < 4.78 is 5.15. The third-order valence-corrected chi connectivity index (χ3v) is 1.91. The number of carbonyl (C=O) groups excluding carboxylic acids is 1. The summed E-state index contributed by atoms with van der Waals surface area (Å²) in [5.74, 6) is 0.0226. The lowest BCUT2D eigenvalue weighted by molar-refractivity contribution is -0.136. The van der Waals surface area contributed by atoms with Crippen molar-refractivity contribution in [2.24, 2.45) is 5.41 Å². The van der Waals surface area contributed by atoms with Crippen LogP contribution in [0.15, 0.2) is 24.3 Å². The largest absolute Gasteiger partial charge is 0.425 e. The summed E-state index contributed by atoms with van der Waals surface area (Å²) in [5.41, 5.74) is 0.267. The Labute approximate surface area is 95.7 Å². The van der Waals surface area contributed by atoms with E-state index >= 15 is 0 Å². The van der Waals surface area contributed by atoms with Crippen LogP contribution in [0.1, 0.15) is 32.8 Å². The number of esters is 1. The molecule has 0 heterocycles. The molecule has 84 valence electrons. The van der Waals surface area contributed by atoms with Gasteiger partial charge in [0.2, 0.25) is 0 Å². The molecule has 0 unspecified atom stereocenters. The first-order valence-electron chi connectivity index (χ1n) is 5.12. The normalized spacial score (nSPS) is 10.6. The first kappa shape index (κ1) is 12.3. The van der Waals surface area contributed by atoms with Crippen molar-refractivity contribution in [3.8, 4) is 11.8 Å². The molecule has 3 heteroatoms. The average molecular weight is 217 g/mol. The molecule has 0 aliphatic rings. The van der Waals surface area contributed by atoms with Crippen LogP contribution in [0.2, 0.25) is 0 Å². The number of nitrogens with zero attached hydrogens (tertiary/aromatic N) is 1. The molecule has 0 spiro atoms. The lowest BCUT2D eigenvalue weighted by Crippen LogP contribution is -2.17. The van der Waals surface area contributed by atoms with E-state index in [1.54, 1.807) is 24.3 Å². The zero-order valence-corrected chi connectivity index (χ0v) is 9.78. The number of hydrogen-bond donors (Lipinski definition) is 0. The van der Waals surface area contributed by atoms with Crippen LogP contribution in [0.4, 0.5) is 0 Å². The molecule has 0 atom stereocenters. The molecule has 0 bridgehead atoms. The summed E-state index contributed by atoms with van der Waals surface area (Å²) in [4.78, 5) is 11.6. The van der Waals surface area contributed by atoms with Crippen LogP contribution in [-0.4, -0.2) is 5.97 Å². The monoisotopic (exact) mass is 217 g/mol. The van der Waals surface area contributed by atoms with Gasteiger partial charge in [-0.1, -0.05) is 32.9 Å². The van der Waals surface area contributed by atoms with Crippen LogP contribution in [0, 0.1) is 16.7 Å². The molecule has 0 saturated heterocycles. The molecule has 0 N–H and O–H groups in total. The lowest BCUT2D eigenvalue weighted by Gasteiger charge is -2.16. The number of benzene rings is 1. The second kappa shape index (κ2) is 4.80. The van der Waals surface area contributed by atoms with E-state index in [2.05, 4.69) is 0 Å². The second-order valence-corrected chi connectivity index (χ2v) is 4.82. The van der Waals surface area contributed by atoms with E-state index in [1.807, 2.05) is 26.8 Å². The van der Waals surface area contributed by atoms with Gasteiger partial charge in [0.25, 0.3) is 0 Å². The fourth-order valence-electron chi connectivity index (χ4n) is 1.24. The van der Waals surface area contributed by atoms with Gasteiger partial charge in [-0.2, -0.15) is 5.26 Å². The van der Waals surface area contributed by atoms with Gasteiger partial charge in [-0.05, 0) is 17.5 Å². The number of hydrogen-bond acceptors (Lipinski definition) is 3. The van der Waals surface area contributed by atoms with Gasteiger partial charge in [0.1, 0.15) is 11.8 Å². The Balaban J connectivity index is 2.75. The van der Waals surface area contributed by atoms with Crippen LogP contribution in [0.5, 0.6) is 5.75 Å². The third kappa shape index (κ3) is 3.74. The van der Waals surface area contributed by atoms with Crippen LogP contribution < -0.4 is 4.74 Å². The van der Waals surface area contributed by atoms with Crippen molar-refractivity contribution in [1.82, 2.24) is 0 Å². The second-order valence-electron chi connectivity index (χ2n) is 4.82. The van der Waals surface area contributed by atoms with E-state index in [4.69, 9.17) is 10.00 Å². The summed E-state index contributed by atoms with van der Waals surface area (Å²) in [6.07, 6.45) is 0.326. The van der Waals surface area contributed by atoms with Gasteiger partial charge in [-0.15, -0.1) is 0 Å². The van der Waals surface area contributed by atoms with Crippen LogP contribution in [-0.2, 0) is 4.79 Å². The maximum Gasteiger partial charge on any atom is 0.311 e. The first-order chi connectivity index (χ1) is 7.42. The van der Waals surface area contributed by atoms with Crippen LogP contribution in [0.25, 0.3) is 0 Å². The molecule has 1 aromatic carbocycles. The number of rotatable bonds is 2. The van der Waals surface area contributed by atoms with Crippen molar-refractivity contribution < 1.29 is 9.53 Å². The van der Waals surface area contributed by atoms with Crippen molar-refractivity contribution >= 4 is 5.97 Å². The molecule has 16 heavy (non-hydrogen) atoms. The predicted octanol–water partition coefficient (Wildman–Crippen LogP) is 2.90. The summed E-state index contributed by atoms with van der Waals surface area (Å²) >= 11 is 0. The van der Waals surface area contributed by atoms with Crippen LogP contribution in [0.3, 0.4) is 0 Å². The van der Waals surface area contributed by atoms with E-state index in [0.29, 0.717) is 17.7 Å². The first-order valence-corrected chi connectivity index (χ1v) is 5.12. The van der Waals surface area contributed by atoms with Gasteiger partial charge < -0.3 is 4.74 Å². The molecule has 1 aromatic rings. The maximum absolute atomic E-state index is 11.6. The topological polar surface area (TPSA) is 50.1 Å². The predicted molar refractivity (Wildman–Crippen MR) is 60.9 cm³/mol. The summed E-state index contributed by atoms with van der Waals surface area (Å²) in [6.45, 7) is 5.89. The van der Waals surface area contributed by atoms with Crippen molar-refractivity contribution in [3.63, 3.8) is 0 Å². The smallest absolute Gasteiger partial charge is 0.311 e. The highest BCUT2D eigenvalue weighted by molar-refractivity contribution is 5.73. The zero-order chi connectivity index (χ0) is 12.2. The summed E-state index contributed by atoms with van der Waals surface area (Å²) in [6, 6.07) is 8.71. The molecule has 0 aliphatic heterocycles. The van der Waals surface area contributed by atoms with Crippen molar-refractivity contribution in [3.05, 3.63) is 29.8 Å². The van der Waals surface area contributed by atoms with E-state index in [0.717, 1.165) is 0 Å². The van der Waals surface area contributed by atoms with Crippen LogP contribution >= 0.6 is 0 Å². The van der Waals surface area contributed by atoms with Crippen molar-refractivity contribution in [2.45, 2.75) is 27.2 Å². The van der Waals surface area contributed by atoms with E-state index in [1.165, 1.54) is 0 Å². The molecule has 0 fully saturated rings. The third-order valence-electron chi connectivity index (χ3n) is 1.91. The fourth-order valence-corrected chi connectivity index (χ4v) is 1.24. The SMILES string of the molecule is CC(C)(C)CC(=O)Oc1ccccc1C#N. The Morgan fingerprint density at radius 3 is 2.56 bits per heavy atom. The number of nitriles is 1. The molecule has 0 aliphatic carbocycles. The van der Waals surface area contributed by atoms with E-state index < -0.39 is 0 Å². The van der Waals surface area contributed by atoms with Gasteiger partial charge in [0, 0.05) is 0 Å². The van der Waals surface area contributed by atoms with Gasteiger partial charge in [-0.25, -0.2) is 0 Å². The Kier molecular flexibility index (Phi) is 3.68. The Morgan fingerprint density at radius 1 is 1.38 bits per heavy atom. The minimum Gasteiger partial charge on any atom is -0.425 e. The minimum atomic E-state index is -0.310. The summed E-state index contributed by atoms with van der Waals surface area (Å²) in [5, 5.41) is 8.82. The highest BCUT2D eigenvalue weighted by Gasteiger charge is 2.18. The van der Waals surface area contributed by atoms with Gasteiger partial charge in [0.15, 0.2) is 0 Å². The Bertz CT molecular complexity index is 424. The summed E-state index contributed by atoms with van der Waals surface area (Å²) in [7, 11) is 0. The van der Waals surface area contributed by atoms with Gasteiger partial charge in [-0.3, -0.25) is 4.79 Å². The molecule has 0 saturated carbocycles. The highest BCUT2D eigenvalue weighted by Crippen LogP contribution is 2.22. The Morgan fingerprint density at radius 2 is 2.00 bits per heavy atom. The number of ether oxygens (including phenoxy) is 1. The number of carbonyl (C=O) groups is 1. The maximum atomic E-state index is 11.6. The highest BCUT2D eigenvalue weighted by atomic mass is 16.5. The minimum absolute atomic E-state index is 0.112. The molecular weight excluding hydrogens is 202 g/mol. The molecule has 0 amide bonds. The van der Waals surface area contributed by atoms with Crippen molar-refractivity contribution in [2.75, 3.05) is 0 Å². The average Bonchev–Trinajstić information content (AvgIpc) is 2.15. The lowest BCUT2D eigenvalue weighted by atomic mass is 9.92. The van der Waals surface area contributed by atoms with Gasteiger partial charge >= 0.3 is 5.97 Å². The molecule has 3 nitrogen and oxygen atoms in total. The van der Waals surface area contributed by atoms with E-state index in [9.17, 15) is 4.79 Å². The molecule has 0 aromatic heterocycles. The molecule has 1 rings (SSSR count). The van der Waals surface area contributed by atoms with Gasteiger partial charge in [0.05, 0.1) is 12.0 Å². The zero-order valence-electron chi connectivity index (χ0n) is 9.78. The molecule has 0 radical (unpaired) electrons. The standard InChI is InChI=1S/C13H15NO2/c1-13(2,3)8-12(15)16-11-7-5-4-6-10(11)9-14/h4-7H,8H2,1-3H3. The van der Waals surface area contributed by atoms with Crippen molar-refractivity contribution in [1.29, 1.82) is 5.26 Å². The molecular formula is C13H15NO2. The quantitative estimate of drug-likeness (QED) is 0.565. The number of para-hydroxylation sites is 1. The fraction of sp³-hybridized carbons (Fsp3) is 0.385. The Hall–Kier alpha value is -1.82. The van der Waals surface area contributed by atoms with E-state index in [-0.39, 0.29) is 11.4 Å².